The molecule has 0 saturated heterocycles. The van der Waals surface area contributed by atoms with Crippen LogP contribution in [-0.4, -0.2) is 21.2 Å². The molecule has 0 aliphatic heterocycles. The molecule has 6 nitrogen and oxygen atoms in total. The van der Waals surface area contributed by atoms with E-state index in [4.69, 9.17) is 9.15 Å². The zero-order valence-electron chi connectivity index (χ0n) is 11.9. The molecular formula is C16H13N3O3. The fourth-order valence-corrected chi connectivity index (χ4v) is 1.82. The van der Waals surface area contributed by atoms with Gasteiger partial charge in [0.15, 0.2) is 6.61 Å². The Bertz CT molecular complexity index is 767. The van der Waals surface area contributed by atoms with Crippen LogP contribution in [0.25, 0.3) is 11.5 Å². The fourth-order valence-electron chi connectivity index (χ4n) is 1.82. The van der Waals surface area contributed by atoms with Crippen LogP contribution < -0.4 is 0 Å². The van der Waals surface area contributed by atoms with E-state index in [0.717, 1.165) is 11.1 Å². The number of carbonyl (C=O) groups excluding carboxylic acids is 1. The standard InChI is InChI=1S/C16H13N3O3/c1-11-4-6-12(7-5-11)15-19-18-14(22-15)10-21-16(20)13-3-2-8-17-9-13/h2-9H,10H2,1H3. The summed E-state index contributed by atoms with van der Waals surface area (Å²) in [5, 5.41) is 7.82. The van der Waals surface area contributed by atoms with E-state index in [-0.39, 0.29) is 12.5 Å². The summed E-state index contributed by atoms with van der Waals surface area (Å²) in [5.74, 6) is 0.156. The van der Waals surface area contributed by atoms with Crippen LogP contribution in [-0.2, 0) is 11.3 Å². The van der Waals surface area contributed by atoms with Gasteiger partial charge in [0.05, 0.1) is 5.56 Å². The highest BCUT2D eigenvalue weighted by Crippen LogP contribution is 2.18. The second kappa shape index (κ2) is 6.17. The molecule has 2 aromatic heterocycles. The first-order valence-corrected chi connectivity index (χ1v) is 6.69. The number of benzene rings is 1. The normalized spacial score (nSPS) is 10.4. The van der Waals surface area contributed by atoms with Crippen molar-refractivity contribution in [2.24, 2.45) is 0 Å². The maximum Gasteiger partial charge on any atom is 0.340 e. The van der Waals surface area contributed by atoms with Crippen molar-refractivity contribution in [1.82, 2.24) is 15.2 Å². The van der Waals surface area contributed by atoms with Gasteiger partial charge in [-0.25, -0.2) is 4.79 Å². The van der Waals surface area contributed by atoms with Gasteiger partial charge in [-0.2, -0.15) is 0 Å². The highest BCUT2D eigenvalue weighted by Gasteiger charge is 2.12. The molecule has 0 spiro atoms. The summed E-state index contributed by atoms with van der Waals surface area (Å²) in [6, 6.07) is 11.0. The van der Waals surface area contributed by atoms with Crippen LogP contribution in [0.3, 0.4) is 0 Å². The van der Waals surface area contributed by atoms with Crippen molar-refractivity contribution >= 4 is 5.97 Å². The van der Waals surface area contributed by atoms with Gasteiger partial charge in [-0.3, -0.25) is 4.98 Å². The van der Waals surface area contributed by atoms with Crippen molar-refractivity contribution < 1.29 is 13.9 Å². The van der Waals surface area contributed by atoms with Crippen molar-refractivity contribution in [3.63, 3.8) is 0 Å². The van der Waals surface area contributed by atoms with Crippen LogP contribution in [0.4, 0.5) is 0 Å². The molecule has 0 aliphatic rings. The number of carbonyl (C=O) groups is 1. The van der Waals surface area contributed by atoms with Crippen molar-refractivity contribution in [2.75, 3.05) is 0 Å². The highest BCUT2D eigenvalue weighted by atomic mass is 16.5. The van der Waals surface area contributed by atoms with Crippen LogP contribution in [0.2, 0.25) is 0 Å². The number of aryl methyl sites for hydroxylation is 1. The summed E-state index contributed by atoms with van der Waals surface area (Å²) in [7, 11) is 0. The van der Waals surface area contributed by atoms with E-state index >= 15 is 0 Å². The van der Waals surface area contributed by atoms with Gasteiger partial charge < -0.3 is 9.15 Å². The third kappa shape index (κ3) is 3.17. The molecule has 0 N–H and O–H groups in total. The number of esters is 1. The Morgan fingerprint density at radius 2 is 2.00 bits per heavy atom. The predicted molar refractivity (Wildman–Crippen MR) is 77.8 cm³/mol. The van der Waals surface area contributed by atoms with E-state index in [1.54, 1.807) is 18.3 Å². The maximum absolute atomic E-state index is 11.8. The first-order valence-electron chi connectivity index (χ1n) is 6.69. The van der Waals surface area contributed by atoms with Crippen molar-refractivity contribution in [2.45, 2.75) is 13.5 Å². The summed E-state index contributed by atoms with van der Waals surface area (Å²) < 4.78 is 10.6. The Morgan fingerprint density at radius 1 is 1.18 bits per heavy atom. The second-order valence-corrected chi connectivity index (χ2v) is 4.68. The lowest BCUT2D eigenvalue weighted by Crippen LogP contribution is -2.05. The number of aromatic nitrogens is 3. The quantitative estimate of drug-likeness (QED) is 0.689. The summed E-state index contributed by atoms with van der Waals surface area (Å²) in [6.45, 7) is 1.92. The van der Waals surface area contributed by atoms with Crippen molar-refractivity contribution in [1.29, 1.82) is 0 Å². The maximum atomic E-state index is 11.8. The molecule has 110 valence electrons. The Balaban J connectivity index is 1.65. The fraction of sp³-hybridized carbons (Fsp3) is 0.125. The molecule has 0 atom stereocenters. The average molecular weight is 295 g/mol. The largest absolute Gasteiger partial charge is 0.452 e. The number of pyridine rings is 1. The van der Waals surface area contributed by atoms with Crippen LogP contribution in [0.15, 0.2) is 53.2 Å². The smallest absolute Gasteiger partial charge is 0.340 e. The Morgan fingerprint density at radius 3 is 2.73 bits per heavy atom. The molecule has 0 aliphatic carbocycles. The van der Waals surface area contributed by atoms with Crippen molar-refractivity contribution in [3.05, 3.63) is 65.8 Å². The van der Waals surface area contributed by atoms with Gasteiger partial charge in [0.2, 0.25) is 5.89 Å². The molecule has 0 radical (unpaired) electrons. The minimum atomic E-state index is -0.483. The summed E-state index contributed by atoms with van der Waals surface area (Å²) in [6.07, 6.45) is 3.02. The molecular weight excluding hydrogens is 282 g/mol. The molecule has 0 bridgehead atoms. The number of rotatable bonds is 4. The SMILES string of the molecule is Cc1ccc(-c2nnc(COC(=O)c3cccnc3)o2)cc1. The van der Waals surface area contributed by atoms with E-state index in [1.807, 2.05) is 31.2 Å². The molecule has 0 saturated carbocycles. The molecule has 3 rings (SSSR count). The van der Waals surface area contributed by atoms with Gasteiger partial charge in [-0.05, 0) is 31.2 Å². The highest BCUT2D eigenvalue weighted by molar-refractivity contribution is 5.88. The van der Waals surface area contributed by atoms with Crippen LogP contribution >= 0.6 is 0 Å². The van der Waals surface area contributed by atoms with Crippen LogP contribution in [0.5, 0.6) is 0 Å². The number of hydrogen-bond acceptors (Lipinski definition) is 6. The Labute approximate surface area is 126 Å². The van der Waals surface area contributed by atoms with E-state index in [9.17, 15) is 4.79 Å². The zero-order valence-corrected chi connectivity index (χ0v) is 11.9. The van der Waals surface area contributed by atoms with E-state index in [2.05, 4.69) is 15.2 Å². The van der Waals surface area contributed by atoms with E-state index < -0.39 is 5.97 Å². The first-order chi connectivity index (χ1) is 10.7. The summed E-state index contributed by atoms with van der Waals surface area (Å²) in [4.78, 5) is 15.6. The van der Waals surface area contributed by atoms with E-state index in [1.165, 1.54) is 6.20 Å². The predicted octanol–water partition coefficient (Wildman–Crippen LogP) is 2.80. The van der Waals surface area contributed by atoms with Crippen molar-refractivity contribution in [3.8, 4) is 11.5 Å². The van der Waals surface area contributed by atoms with E-state index in [0.29, 0.717) is 11.5 Å². The molecule has 0 amide bonds. The summed E-state index contributed by atoms with van der Waals surface area (Å²) >= 11 is 0. The number of ether oxygens (including phenoxy) is 1. The minimum Gasteiger partial charge on any atom is -0.452 e. The second-order valence-electron chi connectivity index (χ2n) is 4.68. The summed E-state index contributed by atoms with van der Waals surface area (Å²) in [5.41, 5.74) is 2.34. The lowest BCUT2D eigenvalue weighted by molar-refractivity contribution is 0.0438. The molecule has 2 heterocycles. The monoisotopic (exact) mass is 295 g/mol. The lowest BCUT2D eigenvalue weighted by Gasteiger charge is -2.00. The van der Waals surface area contributed by atoms with Gasteiger partial charge in [0, 0.05) is 18.0 Å². The van der Waals surface area contributed by atoms with Crippen LogP contribution in [0, 0.1) is 6.92 Å². The van der Waals surface area contributed by atoms with Gasteiger partial charge in [-0.1, -0.05) is 17.7 Å². The average Bonchev–Trinajstić information content (AvgIpc) is 3.03. The topological polar surface area (TPSA) is 78.1 Å². The number of hydrogen-bond donors (Lipinski definition) is 0. The molecule has 0 unspecified atom stereocenters. The van der Waals surface area contributed by atoms with Gasteiger partial charge in [-0.15, -0.1) is 10.2 Å². The molecule has 3 aromatic rings. The molecule has 1 aromatic carbocycles. The van der Waals surface area contributed by atoms with Gasteiger partial charge in [0.25, 0.3) is 5.89 Å². The van der Waals surface area contributed by atoms with Crippen LogP contribution in [0.1, 0.15) is 21.8 Å². The first kappa shape index (κ1) is 13.9. The van der Waals surface area contributed by atoms with Gasteiger partial charge in [0.1, 0.15) is 0 Å². The Kier molecular flexibility index (Phi) is 3.91. The minimum absolute atomic E-state index is 0.0768. The Hall–Kier alpha value is -3.02. The zero-order chi connectivity index (χ0) is 15.4. The molecule has 0 fully saturated rings. The molecule has 22 heavy (non-hydrogen) atoms. The molecule has 6 heteroatoms. The van der Waals surface area contributed by atoms with Gasteiger partial charge >= 0.3 is 5.97 Å². The third-order valence-electron chi connectivity index (χ3n) is 2.99. The number of nitrogens with zero attached hydrogens (tertiary/aromatic N) is 3. The lowest BCUT2D eigenvalue weighted by atomic mass is 10.1. The third-order valence-corrected chi connectivity index (χ3v) is 2.99.